The first-order chi connectivity index (χ1) is 21.0. The first-order valence-electron chi connectivity index (χ1n) is 14.5. The maximum absolute atomic E-state index is 13.1. The number of aliphatic hydroxyl groups excluding tert-OH is 1. The Morgan fingerprint density at radius 3 is 2.27 bits per heavy atom. The molecule has 0 aliphatic carbocycles. The number of benzene rings is 2. The van der Waals surface area contributed by atoms with Crippen molar-refractivity contribution in [2.75, 3.05) is 24.7 Å². The Bertz CT molecular complexity index is 1380. The summed E-state index contributed by atoms with van der Waals surface area (Å²) in [7, 11) is -3.49. The predicted molar refractivity (Wildman–Crippen MR) is 162 cm³/mol. The molecule has 1 fully saturated rings. The highest BCUT2D eigenvalue weighted by Gasteiger charge is 2.51. The second-order valence-corrected chi connectivity index (χ2v) is 12.3. The van der Waals surface area contributed by atoms with Crippen LogP contribution in [0.4, 0.5) is 5.69 Å². The quantitative estimate of drug-likeness (QED) is 0.123. The van der Waals surface area contributed by atoms with Crippen molar-refractivity contribution >= 4 is 41.9 Å². The number of nitrogens with one attached hydrogen (secondary N) is 1. The van der Waals surface area contributed by atoms with Crippen LogP contribution in [0.2, 0.25) is 0 Å². The highest BCUT2D eigenvalue weighted by Crippen LogP contribution is 2.49. The molecule has 1 aliphatic rings. The molecule has 3 rings (SSSR count). The maximum Gasteiger partial charge on any atom is 0.330 e. The van der Waals surface area contributed by atoms with Crippen LogP contribution in [0, 0.1) is 12.3 Å². The summed E-state index contributed by atoms with van der Waals surface area (Å²) in [5.74, 6) is 1.28. The summed E-state index contributed by atoms with van der Waals surface area (Å²) in [5.41, 5.74) is 0.625. The third kappa shape index (κ3) is 10.0. The van der Waals surface area contributed by atoms with Crippen molar-refractivity contribution in [3.8, 4) is 18.1 Å². The van der Waals surface area contributed by atoms with Crippen molar-refractivity contribution in [2.24, 2.45) is 0 Å². The lowest BCUT2D eigenvalue weighted by atomic mass is 9.96. The van der Waals surface area contributed by atoms with Crippen LogP contribution in [-0.2, 0) is 42.2 Å². The van der Waals surface area contributed by atoms with Crippen molar-refractivity contribution < 1.29 is 52.1 Å². The fourth-order valence-corrected chi connectivity index (χ4v) is 6.49. The van der Waals surface area contributed by atoms with Crippen molar-refractivity contribution in [1.82, 2.24) is 0 Å². The Labute approximate surface area is 257 Å². The molecule has 0 spiro atoms. The Morgan fingerprint density at radius 2 is 1.64 bits per heavy atom. The van der Waals surface area contributed by atoms with Gasteiger partial charge >= 0.3 is 19.5 Å². The molecule has 1 saturated heterocycles. The number of terminal acetylenes is 1. The molecule has 5 atom stereocenters. The fraction of sp³-hybridized carbons (Fsp3) is 0.516. The minimum atomic E-state index is -3.49. The van der Waals surface area contributed by atoms with Gasteiger partial charge in [-0.1, -0.05) is 12.1 Å². The molecular formula is C31H40NO11P. The van der Waals surface area contributed by atoms with E-state index in [0.29, 0.717) is 30.7 Å². The van der Waals surface area contributed by atoms with Crippen LogP contribution in [0.5, 0.6) is 5.75 Å². The van der Waals surface area contributed by atoms with Crippen LogP contribution in [0.25, 0.3) is 10.8 Å². The van der Waals surface area contributed by atoms with E-state index in [1.54, 1.807) is 44.2 Å². The summed E-state index contributed by atoms with van der Waals surface area (Å²) in [6.45, 7) is 6.01. The molecule has 2 aromatic rings. The molecule has 13 heteroatoms. The normalized spacial score (nSPS) is 21.7. The van der Waals surface area contributed by atoms with Crippen LogP contribution in [0.1, 0.15) is 53.4 Å². The molecule has 1 aliphatic heterocycles. The Morgan fingerprint density at radius 1 is 1.00 bits per heavy atom. The van der Waals surface area contributed by atoms with E-state index in [0.717, 1.165) is 17.7 Å². The van der Waals surface area contributed by atoms with Gasteiger partial charge in [0.15, 0.2) is 6.10 Å². The summed E-state index contributed by atoms with van der Waals surface area (Å²) < 4.78 is 46.8. The van der Waals surface area contributed by atoms with Crippen LogP contribution in [-0.4, -0.2) is 73.0 Å². The largest absolute Gasteiger partial charge is 0.461 e. The molecule has 1 heterocycles. The minimum Gasteiger partial charge on any atom is -0.461 e. The Hall–Kier alpha value is -3.46. The smallest absolute Gasteiger partial charge is 0.330 e. The highest BCUT2D eigenvalue weighted by atomic mass is 31.2. The number of rotatable bonds is 15. The summed E-state index contributed by atoms with van der Waals surface area (Å²) in [4.78, 5) is 36.2. The molecule has 2 N–H and O–H groups in total. The van der Waals surface area contributed by atoms with Crippen molar-refractivity contribution in [3.05, 3.63) is 36.4 Å². The van der Waals surface area contributed by atoms with Gasteiger partial charge in [0.1, 0.15) is 11.9 Å². The second-order valence-electron chi connectivity index (χ2n) is 10.1. The Kier molecular flexibility index (Phi) is 13.2. The number of amides is 1. The molecule has 0 bridgehead atoms. The van der Waals surface area contributed by atoms with Gasteiger partial charge in [-0.25, -0.2) is 0 Å². The average Bonchev–Trinajstić information content (AvgIpc) is 2.95. The molecule has 0 radical (unpaired) electrons. The van der Waals surface area contributed by atoms with Crippen LogP contribution >= 0.6 is 7.60 Å². The number of esters is 2. The van der Waals surface area contributed by atoms with Gasteiger partial charge in [0, 0.05) is 32.4 Å². The standard InChI is InChI=1S/C31H40NO11P/c1-6-9-10-11-27(35)32-24-14-12-23-19-25(15-13-22(23)18-24)42-31-30(41-21(5)34)29(40-20(4)33)28(36)26(43-31)16-17-44(37,38-7-2)39-8-3/h1,12-15,18-19,26,28-31,36H,7-11,16-17H2,2-5H3,(H,32,35)/t26-,28-,29+,30+,31+/m1/s1. The molecule has 44 heavy (non-hydrogen) atoms. The van der Waals surface area contributed by atoms with E-state index in [2.05, 4.69) is 11.2 Å². The summed E-state index contributed by atoms with van der Waals surface area (Å²) in [6, 6.07) is 10.5. The van der Waals surface area contributed by atoms with Gasteiger partial charge in [-0.2, -0.15) is 0 Å². The van der Waals surface area contributed by atoms with E-state index in [4.69, 9.17) is 34.4 Å². The number of anilines is 1. The van der Waals surface area contributed by atoms with Gasteiger partial charge in [-0.05, 0) is 61.7 Å². The zero-order chi connectivity index (χ0) is 32.3. The summed E-state index contributed by atoms with van der Waals surface area (Å²) >= 11 is 0. The number of hydrogen-bond donors (Lipinski definition) is 2. The van der Waals surface area contributed by atoms with Gasteiger partial charge in [0.05, 0.1) is 25.5 Å². The van der Waals surface area contributed by atoms with E-state index in [1.807, 2.05) is 6.07 Å². The minimum absolute atomic E-state index is 0.00217. The second kappa shape index (κ2) is 16.6. The molecule has 12 nitrogen and oxygen atoms in total. The van der Waals surface area contributed by atoms with Gasteiger partial charge in [-0.15, -0.1) is 12.3 Å². The predicted octanol–water partition coefficient (Wildman–Crippen LogP) is 4.57. The molecule has 0 saturated carbocycles. The van der Waals surface area contributed by atoms with Crippen molar-refractivity contribution in [2.45, 2.75) is 84.1 Å². The highest BCUT2D eigenvalue weighted by molar-refractivity contribution is 7.53. The maximum atomic E-state index is 13.1. The number of hydrogen-bond acceptors (Lipinski definition) is 11. The molecule has 0 unspecified atom stereocenters. The van der Waals surface area contributed by atoms with Crippen molar-refractivity contribution in [3.63, 3.8) is 0 Å². The monoisotopic (exact) mass is 633 g/mol. The lowest BCUT2D eigenvalue weighted by Gasteiger charge is -2.43. The summed E-state index contributed by atoms with van der Waals surface area (Å²) in [6.07, 6.45) is 0.131. The lowest BCUT2D eigenvalue weighted by Crippen LogP contribution is -2.61. The van der Waals surface area contributed by atoms with Crippen LogP contribution in [0.3, 0.4) is 0 Å². The van der Waals surface area contributed by atoms with Gasteiger partial charge in [0.2, 0.25) is 18.3 Å². The first kappa shape index (κ1) is 35.0. The summed E-state index contributed by atoms with van der Waals surface area (Å²) in [5, 5.41) is 15.6. The van der Waals surface area contributed by atoms with E-state index in [1.165, 1.54) is 6.92 Å². The van der Waals surface area contributed by atoms with E-state index in [-0.39, 0.29) is 31.7 Å². The number of fused-ring (bicyclic) bond motifs is 1. The lowest BCUT2D eigenvalue weighted by molar-refractivity contribution is -0.280. The van der Waals surface area contributed by atoms with Gasteiger partial charge < -0.3 is 38.4 Å². The third-order valence-corrected chi connectivity index (χ3v) is 8.74. The molecule has 1 amide bonds. The van der Waals surface area contributed by atoms with E-state index < -0.39 is 50.2 Å². The molecular weight excluding hydrogens is 593 g/mol. The third-order valence-electron chi connectivity index (χ3n) is 6.63. The molecule has 240 valence electrons. The number of carbonyl (C=O) groups is 3. The van der Waals surface area contributed by atoms with Crippen LogP contribution in [0.15, 0.2) is 36.4 Å². The van der Waals surface area contributed by atoms with E-state index >= 15 is 0 Å². The number of unbranched alkanes of at least 4 members (excludes halogenated alkanes) is 1. The fourth-order valence-electron chi connectivity index (χ4n) is 4.80. The van der Waals surface area contributed by atoms with Crippen molar-refractivity contribution in [1.29, 1.82) is 0 Å². The number of carbonyl (C=O) groups excluding carboxylic acids is 3. The van der Waals surface area contributed by atoms with Crippen LogP contribution < -0.4 is 10.1 Å². The topological polar surface area (TPSA) is 156 Å². The molecule has 0 aromatic heterocycles. The SMILES string of the molecule is C#CCCCC(=O)Nc1ccc2cc(O[C@H]3O[C@H](CCP(=O)(OCC)OCC)[C@@H](O)[C@H](OC(C)=O)[C@@H]3OC(C)=O)ccc2c1. The van der Waals surface area contributed by atoms with Gasteiger partial charge in [0.25, 0.3) is 0 Å². The first-order valence-corrected chi connectivity index (χ1v) is 16.2. The zero-order valence-electron chi connectivity index (χ0n) is 25.4. The number of aliphatic hydroxyl groups is 1. The van der Waals surface area contributed by atoms with E-state index in [9.17, 15) is 24.1 Å². The molecule has 2 aromatic carbocycles. The average molecular weight is 634 g/mol. The number of ether oxygens (including phenoxy) is 4. The Balaban J connectivity index is 1.85. The zero-order valence-corrected chi connectivity index (χ0v) is 26.2. The van der Waals surface area contributed by atoms with Gasteiger partial charge in [-0.3, -0.25) is 18.9 Å².